The first-order valence-electron chi connectivity index (χ1n) is 20.8. The van der Waals surface area contributed by atoms with Gasteiger partial charge in [0.05, 0.1) is 29.3 Å². The molecular weight excluding hydrogens is 681 g/mol. The molecular formula is C52H48N4. The molecule has 276 valence electrons. The molecule has 6 aliphatic rings. The fourth-order valence-corrected chi connectivity index (χ4v) is 10.4. The zero-order valence-electron chi connectivity index (χ0n) is 31.9. The number of anilines is 2. The lowest BCUT2D eigenvalue weighted by Crippen LogP contribution is -2.53. The molecule has 4 unspecified atom stereocenters. The summed E-state index contributed by atoms with van der Waals surface area (Å²) in [7, 11) is 0. The van der Waals surface area contributed by atoms with Crippen LogP contribution in [0.5, 0.6) is 0 Å². The molecule has 0 saturated carbocycles. The molecule has 1 saturated heterocycles. The number of nitrogens with zero attached hydrogens (tertiary/aromatic N) is 2. The zero-order chi connectivity index (χ0) is 37.0. The van der Waals surface area contributed by atoms with Gasteiger partial charge in [0.1, 0.15) is 0 Å². The van der Waals surface area contributed by atoms with E-state index in [0.717, 1.165) is 38.8 Å². The van der Waals surface area contributed by atoms with Gasteiger partial charge in [0.25, 0.3) is 0 Å². The van der Waals surface area contributed by atoms with Crippen molar-refractivity contribution in [1.29, 1.82) is 0 Å². The number of rotatable bonds is 5. The van der Waals surface area contributed by atoms with Crippen molar-refractivity contribution in [2.75, 3.05) is 18.0 Å². The van der Waals surface area contributed by atoms with Crippen molar-refractivity contribution >= 4 is 17.5 Å². The van der Waals surface area contributed by atoms with Crippen molar-refractivity contribution in [1.82, 2.24) is 15.2 Å². The number of allylic oxidation sites excluding steroid dienone is 5. The minimum atomic E-state index is 0.176. The number of nitrogens with one attached hydrogen (secondary N) is 2. The number of hydrogen-bond acceptors (Lipinski definition) is 3. The van der Waals surface area contributed by atoms with Crippen molar-refractivity contribution < 1.29 is 0 Å². The van der Waals surface area contributed by atoms with Gasteiger partial charge < -0.3 is 9.47 Å². The molecule has 0 radical (unpaired) electrons. The molecule has 4 heterocycles. The fourth-order valence-electron chi connectivity index (χ4n) is 10.4. The predicted octanol–water partition coefficient (Wildman–Crippen LogP) is 11.5. The highest BCUT2D eigenvalue weighted by Crippen LogP contribution is 2.54. The Morgan fingerprint density at radius 1 is 0.607 bits per heavy atom. The van der Waals surface area contributed by atoms with Crippen LogP contribution in [-0.4, -0.2) is 29.9 Å². The van der Waals surface area contributed by atoms with E-state index in [1.165, 1.54) is 85.8 Å². The molecule has 5 aromatic rings. The summed E-state index contributed by atoms with van der Waals surface area (Å²) in [4.78, 5) is 2.67. The largest absolute Gasteiger partial charge is 0.333 e. The van der Waals surface area contributed by atoms with E-state index in [2.05, 4.69) is 178 Å². The summed E-state index contributed by atoms with van der Waals surface area (Å²) in [6, 6.07) is 38.4. The molecule has 0 amide bonds. The monoisotopic (exact) mass is 728 g/mol. The summed E-state index contributed by atoms with van der Waals surface area (Å²) in [6.07, 6.45) is 28.5. The van der Waals surface area contributed by atoms with Gasteiger partial charge in [0.15, 0.2) is 0 Å². The number of benzene rings is 4. The van der Waals surface area contributed by atoms with Crippen LogP contribution in [0.1, 0.15) is 43.4 Å². The highest BCUT2D eigenvalue weighted by molar-refractivity contribution is 6.02. The van der Waals surface area contributed by atoms with Crippen LogP contribution < -0.4 is 15.5 Å². The van der Waals surface area contributed by atoms with Gasteiger partial charge in [-0.25, -0.2) is 0 Å². The molecule has 4 aromatic carbocycles. The van der Waals surface area contributed by atoms with Crippen molar-refractivity contribution in [3.63, 3.8) is 0 Å². The van der Waals surface area contributed by atoms with Crippen LogP contribution in [0.3, 0.4) is 0 Å². The molecule has 1 aromatic heterocycles. The zero-order valence-corrected chi connectivity index (χ0v) is 31.9. The fraction of sp³-hybridized carbons (Fsp3) is 0.231. The maximum absolute atomic E-state index is 3.89. The number of hydrogen-bond donors (Lipinski definition) is 2. The summed E-state index contributed by atoms with van der Waals surface area (Å²) >= 11 is 0. The quantitative estimate of drug-likeness (QED) is 0.177. The van der Waals surface area contributed by atoms with Crippen LogP contribution in [0.25, 0.3) is 45.3 Å². The lowest BCUT2D eigenvalue weighted by Gasteiger charge is -2.40. The van der Waals surface area contributed by atoms with Crippen molar-refractivity contribution in [2.45, 2.75) is 50.7 Å². The molecule has 2 N–H and O–H groups in total. The number of para-hydroxylation sites is 3. The first kappa shape index (κ1) is 33.6. The van der Waals surface area contributed by atoms with E-state index >= 15 is 0 Å². The molecule has 0 spiro atoms. The maximum Gasteiger partial charge on any atom is 0.0795 e. The van der Waals surface area contributed by atoms with Gasteiger partial charge in [-0.1, -0.05) is 139 Å². The second-order valence-electron chi connectivity index (χ2n) is 16.2. The first-order chi connectivity index (χ1) is 27.8. The summed E-state index contributed by atoms with van der Waals surface area (Å²) < 4.78 is 2.59. The average Bonchev–Trinajstić information content (AvgIpc) is 3.55. The lowest BCUT2D eigenvalue weighted by atomic mass is 9.80. The Morgan fingerprint density at radius 3 is 2.18 bits per heavy atom. The minimum Gasteiger partial charge on any atom is -0.333 e. The van der Waals surface area contributed by atoms with E-state index in [1.54, 1.807) is 5.57 Å². The van der Waals surface area contributed by atoms with Gasteiger partial charge in [0, 0.05) is 52.6 Å². The third-order valence-corrected chi connectivity index (χ3v) is 13.0. The summed E-state index contributed by atoms with van der Waals surface area (Å²) in [6.45, 7) is 2.00. The SMILES string of the molecule is C1=CCCC(C2CNC3NCC(C4=CC(N5c6ccccc6-c6c7c(n(-c8ccccc8-c8ccccc8)c6-c6ccccc65)C=CCC7)CC=C4)C=C3C2)=C1. The number of piperidine rings is 1. The van der Waals surface area contributed by atoms with E-state index in [1.807, 2.05) is 0 Å². The van der Waals surface area contributed by atoms with Crippen LogP contribution in [0.2, 0.25) is 0 Å². The van der Waals surface area contributed by atoms with Crippen molar-refractivity contribution in [3.05, 3.63) is 180 Å². The summed E-state index contributed by atoms with van der Waals surface area (Å²) in [5, 5.41) is 7.74. The molecule has 11 rings (SSSR count). The Morgan fingerprint density at radius 2 is 1.34 bits per heavy atom. The smallest absolute Gasteiger partial charge is 0.0795 e. The first-order valence-corrected chi connectivity index (χ1v) is 20.8. The van der Waals surface area contributed by atoms with Crippen LogP contribution >= 0.6 is 0 Å². The van der Waals surface area contributed by atoms with Gasteiger partial charge in [0.2, 0.25) is 0 Å². The Labute approximate surface area is 331 Å². The highest BCUT2D eigenvalue weighted by atomic mass is 15.2. The average molecular weight is 729 g/mol. The topological polar surface area (TPSA) is 32.2 Å². The third-order valence-electron chi connectivity index (χ3n) is 13.0. The van der Waals surface area contributed by atoms with E-state index in [4.69, 9.17) is 0 Å². The summed E-state index contributed by atoms with van der Waals surface area (Å²) in [5.74, 6) is 0.925. The van der Waals surface area contributed by atoms with E-state index in [0.29, 0.717) is 11.8 Å². The van der Waals surface area contributed by atoms with Crippen LogP contribution in [0, 0.1) is 11.8 Å². The Balaban J connectivity index is 1.04. The van der Waals surface area contributed by atoms with E-state index in [-0.39, 0.29) is 12.2 Å². The number of aromatic nitrogens is 1. The molecule has 3 aliphatic carbocycles. The molecule has 56 heavy (non-hydrogen) atoms. The lowest BCUT2D eigenvalue weighted by molar-refractivity contribution is 0.342. The van der Waals surface area contributed by atoms with Gasteiger partial charge in [-0.2, -0.15) is 0 Å². The molecule has 4 heteroatoms. The Kier molecular flexibility index (Phi) is 8.48. The van der Waals surface area contributed by atoms with Gasteiger partial charge >= 0.3 is 0 Å². The Bertz CT molecular complexity index is 2520. The second kappa shape index (κ2) is 14.1. The standard InChI is InChI=1S/C52H48N4/c1-3-16-35(17-4-1)39-30-38-31-40(34-54-52(38)53-33-39)37-20-15-21-41(32-37)55-47-27-12-8-23-43(47)50-44-24-9-13-28-48(44)56(51(50)45-25-10-14-29-49(45)55)46-26-11-7-22-42(46)36-18-5-2-6-19-36/h1-3,5-8,10-16,18-20,22-23,25-29,31-32,39-41,52-54H,4,9,17,21,24,30,33-34H2. The Hall–Kier alpha value is -5.68. The van der Waals surface area contributed by atoms with Gasteiger partial charge in [-0.3, -0.25) is 10.6 Å². The third kappa shape index (κ3) is 5.66. The summed E-state index contributed by atoms with van der Waals surface area (Å²) in [5.41, 5.74) is 18.8. The van der Waals surface area contributed by atoms with Crippen LogP contribution in [0.15, 0.2) is 168 Å². The van der Waals surface area contributed by atoms with Gasteiger partial charge in [-0.15, -0.1) is 0 Å². The molecule has 3 aliphatic heterocycles. The van der Waals surface area contributed by atoms with Gasteiger partial charge in [-0.05, 0) is 91.0 Å². The molecule has 4 nitrogen and oxygen atoms in total. The minimum absolute atomic E-state index is 0.176. The van der Waals surface area contributed by atoms with Crippen LogP contribution in [0.4, 0.5) is 11.4 Å². The van der Waals surface area contributed by atoms with Crippen LogP contribution in [-0.2, 0) is 6.42 Å². The van der Waals surface area contributed by atoms with Crippen molar-refractivity contribution in [2.24, 2.45) is 11.8 Å². The maximum atomic E-state index is 3.89. The second-order valence-corrected chi connectivity index (χ2v) is 16.2. The predicted molar refractivity (Wildman–Crippen MR) is 233 cm³/mol. The molecule has 4 atom stereocenters. The normalized spacial score (nSPS) is 23.4. The molecule has 1 fully saturated rings. The molecule has 0 bridgehead atoms. The van der Waals surface area contributed by atoms with Crippen molar-refractivity contribution in [3.8, 4) is 39.2 Å². The highest BCUT2D eigenvalue weighted by Gasteiger charge is 2.37. The van der Waals surface area contributed by atoms with E-state index < -0.39 is 0 Å². The number of fused-ring (bicyclic) bond motifs is 8. The van der Waals surface area contributed by atoms with E-state index in [9.17, 15) is 0 Å².